The molecule has 2 rings (SSSR count). The maximum atomic E-state index is 12.5. The molecule has 1 aliphatic heterocycles. The van der Waals surface area contributed by atoms with E-state index in [0.29, 0.717) is 23.0 Å². The molecule has 0 radical (unpaired) electrons. The number of piperidine rings is 1. The SMILES string of the molecule is O=C(O)[C@@H]1CCCCN1C(=O)c1cc(I)ccc1Br. The van der Waals surface area contributed by atoms with Crippen LogP contribution >= 0.6 is 38.5 Å². The van der Waals surface area contributed by atoms with Crippen LogP contribution in [0.1, 0.15) is 29.6 Å². The predicted octanol–water partition coefficient (Wildman–Crippen LogP) is 3.13. The van der Waals surface area contributed by atoms with Crippen LogP contribution in [0.25, 0.3) is 0 Å². The van der Waals surface area contributed by atoms with Crippen molar-refractivity contribution in [3.63, 3.8) is 0 Å². The molecule has 0 aromatic heterocycles. The molecular formula is C13H13BrINO3. The van der Waals surface area contributed by atoms with Gasteiger partial charge in [0.15, 0.2) is 0 Å². The van der Waals surface area contributed by atoms with Gasteiger partial charge in [-0.15, -0.1) is 0 Å². The van der Waals surface area contributed by atoms with Crippen molar-refractivity contribution in [2.75, 3.05) is 6.54 Å². The van der Waals surface area contributed by atoms with Crippen LogP contribution in [0.15, 0.2) is 22.7 Å². The Labute approximate surface area is 133 Å². The number of carbonyl (C=O) groups excluding carboxylic acids is 1. The fourth-order valence-corrected chi connectivity index (χ4v) is 3.15. The zero-order valence-corrected chi connectivity index (χ0v) is 13.8. The number of amides is 1. The van der Waals surface area contributed by atoms with Crippen LogP contribution in [0.3, 0.4) is 0 Å². The summed E-state index contributed by atoms with van der Waals surface area (Å²) in [7, 11) is 0. The molecule has 0 unspecified atom stereocenters. The van der Waals surface area contributed by atoms with E-state index < -0.39 is 12.0 Å². The second-order valence-corrected chi connectivity index (χ2v) is 6.57. The van der Waals surface area contributed by atoms with Gasteiger partial charge in [-0.05, 0) is 76.0 Å². The van der Waals surface area contributed by atoms with E-state index in [1.54, 1.807) is 6.07 Å². The van der Waals surface area contributed by atoms with E-state index in [9.17, 15) is 14.7 Å². The number of carboxylic acids is 1. The van der Waals surface area contributed by atoms with Crippen LogP contribution in [0.5, 0.6) is 0 Å². The van der Waals surface area contributed by atoms with Gasteiger partial charge in [0.1, 0.15) is 6.04 Å². The lowest BCUT2D eigenvalue weighted by atomic mass is 10.0. The average molecular weight is 438 g/mol. The fraction of sp³-hybridized carbons (Fsp3) is 0.385. The molecule has 1 fully saturated rings. The van der Waals surface area contributed by atoms with E-state index in [2.05, 4.69) is 38.5 Å². The third-order valence-corrected chi connectivity index (χ3v) is 4.57. The molecule has 1 N–H and O–H groups in total. The first-order valence-corrected chi connectivity index (χ1v) is 7.86. The Bertz CT molecular complexity index is 521. The van der Waals surface area contributed by atoms with Gasteiger partial charge in [-0.2, -0.15) is 0 Å². The highest BCUT2D eigenvalue weighted by atomic mass is 127. The zero-order valence-electron chi connectivity index (χ0n) is 10.1. The standard InChI is InChI=1S/C13H13BrINO3/c14-10-5-4-8(15)7-9(10)12(17)16-6-2-1-3-11(16)13(18)19/h4-5,7,11H,1-3,6H2,(H,18,19)/t11-/m0/s1. The lowest BCUT2D eigenvalue weighted by molar-refractivity contribution is -0.143. The van der Waals surface area contributed by atoms with E-state index in [0.717, 1.165) is 16.4 Å². The smallest absolute Gasteiger partial charge is 0.326 e. The predicted molar refractivity (Wildman–Crippen MR) is 83.2 cm³/mol. The number of carboxylic acid groups (broad SMARTS) is 1. The second kappa shape index (κ2) is 6.21. The summed E-state index contributed by atoms with van der Waals surface area (Å²) in [6, 6.07) is 4.78. The lowest BCUT2D eigenvalue weighted by Crippen LogP contribution is -2.48. The maximum Gasteiger partial charge on any atom is 0.326 e. The van der Waals surface area contributed by atoms with E-state index >= 15 is 0 Å². The van der Waals surface area contributed by atoms with Crippen LogP contribution < -0.4 is 0 Å². The Morgan fingerprint density at radius 3 is 2.79 bits per heavy atom. The minimum atomic E-state index is -0.921. The molecule has 1 heterocycles. The quantitative estimate of drug-likeness (QED) is 0.723. The van der Waals surface area contributed by atoms with Gasteiger partial charge in [0.25, 0.3) is 5.91 Å². The van der Waals surface area contributed by atoms with Crippen LogP contribution in [0, 0.1) is 3.57 Å². The number of nitrogens with zero attached hydrogens (tertiary/aromatic N) is 1. The van der Waals surface area contributed by atoms with E-state index in [4.69, 9.17) is 0 Å². The molecule has 102 valence electrons. The Hall–Kier alpha value is -0.630. The van der Waals surface area contributed by atoms with Gasteiger partial charge in [-0.1, -0.05) is 0 Å². The lowest BCUT2D eigenvalue weighted by Gasteiger charge is -2.33. The molecule has 19 heavy (non-hydrogen) atoms. The molecule has 0 spiro atoms. The van der Waals surface area contributed by atoms with Crippen molar-refractivity contribution in [1.82, 2.24) is 4.90 Å². The summed E-state index contributed by atoms with van der Waals surface area (Å²) in [5, 5.41) is 9.22. The molecule has 0 bridgehead atoms. The maximum absolute atomic E-state index is 12.5. The number of carbonyl (C=O) groups is 2. The molecule has 6 heteroatoms. The van der Waals surface area contributed by atoms with Crippen LogP contribution in [0.4, 0.5) is 0 Å². The first-order chi connectivity index (χ1) is 9.00. The van der Waals surface area contributed by atoms with Crippen LogP contribution in [-0.2, 0) is 4.79 Å². The minimum Gasteiger partial charge on any atom is -0.480 e. The zero-order chi connectivity index (χ0) is 14.0. The van der Waals surface area contributed by atoms with E-state index in [1.807, 2.05) is 12.1 Å². The highest BCUT2D eigenvalue weighted by Gasteiger charge is 2.33. The van der Waals surface area contributed by atoms with Crippen molar-refractivity contribution >= 4 is 50.4 Å². The molecular weight excluding hydrogens is 425 g/mol. The highest BCUT2D eigenvalue weighted by Crippen LogP contribution is 2.25. The molecule has 0 aliphatic carbocycles. The van der Waals surface area contributed by atoms with E-state index in [1.165, 1.54) is 4.90 Å². The minimum absolute atomic E-state index is 0.211. The normalized spacial score (nSPS) is 19.3. The van der Waals surface area contributed by atoms with Crippen molar-refractivity contribution in [2.45, 2.75) is 25.3 Å². The summed E-state index contributed by atoms with van der Waals surface area (Å²) >= 11 is 5.49. The summed E-state index contributed by atoms with van der Waals surface area (Å²) in [6.45, 7) is 0.508. The van der Waals surface area contributed by atoms with Crippen molar-refractivity contribution in [2.24, 2.45) is 0 Å². The van der Waals surface area contributed by atoms with Crippen LogP contribution in [0.2, 0.25) is 0 Å². The van der Waals surface area contributed by atoms with Gasteiger partial charge in [0.05, 0.1) is 5.56 Å². The first kappa shape index (κ1) is 14.8. The molecule has 1 aliphatic rings. The largest absolute Gasteiger partial charge is 0.480 e. The molecule has 1 amide bonds. The molecule has 0 saturated carbocycles. The molecule has 4 nitrogen and oxygen atoms in total. The first-order valence-electron chi connectivity index (χ1n) is 5.99. The topological polar surface area (TPSA) is 57.6 Å². The second-order valence-electron chi connectivity index (χ2n) is 4.47. The number of hydrogen-bond donors (Lipinski definition) is 1. The average Bonchev–Trinajstić information content (AvgIpc) is 2.40. The Balaban J connectivity index is 2.31. The summed E-state index contributed by atoms with van der Waals surface area (Å²) in [6.07, 6.45) is 2.24. The Kier molecular flexibility index (Phi) is 4.83. The number of benzene rings is 1. The summed E-state index contributed by atoms with van der Waals surface area (Å²) in [4.78, 5) is 25.2. The number of likely N-dealkylation sites (tertiary alicyclic amines) is 1. The summed E-state index contributed by atoms with van der Waals surface area (Å²) < 4.78 is 1.65. The van der Waals surface area contributed by atoms with Gasteiger partial charge >= 0.3 is 5.97 Å². The Morgan fingerprint density at radius 1 is 1.37 bits per heavy atom. The fourth-order valence-electron chi connectivity index (χ4n) is 2.25. The van der Waals surface area contributed by atoms with Gasteiger partial charge in [-0.3, -0.25) is 4.79 Å². The van der Waals surface area contributed by atoms with Crippen molar-refractivity contribution < 1.29 is 14.7 Å². The number of aliphatic carboxylic acids is 1. The van der Waals surface area contributed by atoms with Crippen molar-refractivity contribution in [3.05, 3.63) is 31.8 Å². The van der Waals surface area contributed by atoms with E-state index in [-0.39, 0.29) is 5.91 Å². The monoisotopic (exact) mass is 437 g/mol. The van der Waals surface area contributed by atoms with Gasteiger partial charge in [-0.25, -0.2) is 4.79 Å². The van der Waals surface area contributed by atoms with Crippen molar-refractivity contribution in [1.29, 1.82) is 0 Å². The molecule has 1 saturated heterocycles. The molecule has 1 aromatic rings. The van der Waals surface area contributed by atoms with Gasteiger partial charge < -0.3 is 10.0 Å². The van der Waals surface area contributed by atoms with Crippen molar-refractivity contribution in [3.8, 4) is 0 Å². The summed E-state index contributed by atoms with van der Waals surface area (Å²) in [5.74, 6) is -1.13. The Morgan fingerprint density at radius 2 is 2.11 bits per heavy atom. The highest BCUT2D eigenvalue weighted by molar-refractivity contribution is 14.1. The van der Waals surface area contributed by atoms with Gasteiger partial charge in [0.2, 0.25) is 0 Å². The molecule has 1 aromatic carbocycles. The summed E-state index contributed by atoms with van der Waals surface area (Å²) in [5.41, 5.74) is 0.528. The third-order valence-electron chi connectivity index (χ3n) is 3.21. The molecule has 1 atom stereocenters. The van der Waals surface area contributed by atoms with Gasteiger partial charge in [0, 0.05) is 14.6 Å². The number of hydrogen-bond acceptors (Lipinski definition) is 2. The number of rotatable bonds is 2. The number of halogens is 2. The third kappa shape index (κ3) is 3.28. The van der Waals surface area contributed by atoms with Crippen LogP contribution in [-0.4, -0.2) is 34.5 Å².